The minimum Gasteiger partial charge on any atom is -0.382 e. The number of alkyl halides is 1. The average Bonchev–Trinajstić information content (AvgIpc) is 2.21. The minimum atomic E-state index is -0.119. The zero-order valence-electron chi connectivity index (χ0n) is 8.55. The fraction of sp³-hybridized carbons (Fsp3) is 0.889. The molecular weight excluding hydrogens is 206 g/mol. The van der Waals surface area contributed by atoms with Gasteiger partial charge in [-0.05, 0) is 12.8 Å². The second-order valence-electron chi connectivity index (χ2n) is 2.80. The zero-order valence-corrected chi connectivity index (χ0v) is 9.31. The van der Waals surface area contributed by atoms with E-state index < -0.39 is 0 Å². The van der Waals surface area contributed by atoms with Crippen LogP contribution in [-0.4, -0.2) is 45.3 Å². The molecule has 0 atom stereocenters. The fourth-order valence-corrected chi connectivity index (χ4v) is 0.943. The Morgan fingerprint density at radius 3 is 2.71 bits per heavy atom. The highest BCUT2D eigenvalue weighted by atomic mass is 35.5. The summed E-state index contributed by atoms with van der Waals surface area (Å²) < 4.78 is 10.1. The number of nitrogens with one attached hydrogen (secondary N) is 1. The third-order valence-electron chi connectivity index (χ3n) is 1.59. The van der Waals surface area contributed by atoms with Crippen LogP contribution in [-0.2, 0) is 14.3 Å². The normalized spacial score (nSPS) is 10.1. The molecule has 84 valence electrons. The fourth-order valence-electron chi connectivity index (χ4n) is 0.848. The van der Waals surface area contributed by atoms with Crippen LogP contribution in [0.5, 0.6) is 0 Å². The Labute approximate surface area is 89.9 Å². The average molecular weight is 224 g/mol. The Morgan fingerprint density at radius 2 is 2.07 bits per heavy atom. The minimum absolute atomic E-state index is 0.0321. The van der Waals surface area contributed by atoms with E-state index in [0.717, 1.165) is 12.8 Å². The molecule has 1 amide bonds. The molecule has 0 bridgehead atoms. The predicted octanol–water partition coefficient (Wildman–Crippen LogP) is 0.785. The van der Waals surface area contributed by atoms with E-state index in [1.54, 1.807) is 7.11 Å². The van der Waals surface area contributed by atoms with E-state index in [1.165, 1.54) is 0 Å². The van der Waals surface area contributed by atoms with E-state index in [0.29, 0.717) is 26.4 Å². The van der Waals surface area contributed by atoms with Gasteiger partial charge in [-0.2, -0.15) is 0 Å². The maximum atomic E-state index is 10.7. The molecular formula is C9H18ClNO3. The summed E-state index contributed by atoms with van der Waals surface area (Å²) in [6.45, 7) is 2.63. The summed E-state index contributed by atoms with van der Waals surface area (Å²) in [4.78, 5) is 10.7. The van der Waals surface area contributed by atoms with Crippen LogP contribution in [0.4, 0.5) is 0 Å². The van der Waals surface area contributed by atoms with Gasteiger partial charge in [0.05, 0.1) is 13.2 Å². The number of amides is 1. The second kappa shape index (κ2) is 10.8. The van der Waals surface area contributed by atoms with E-state index in [4.69, 9.17) is 21.1 Å². The monoisotopic (exact) mass is 223 g/mol. The van der Waals surface area contributed by atoms with Crippen molar-refractivity contribution in [2.45, 2.75) is 12.8 Å². The smallest absolute Gasteiger partial charge is 0.234 e. The van der Waals surface area contributed by atoms with Crippen molar-refractivity contribution >= 4 is 17.5 Å². The summed E-state index contributed by atoms with van der Waals surface area (Å²) in [6, 6.07) is 0. The molecule has 5 heteroatoms. The maximum Gasteiger partial charge on any atom is 0.234 e. The lowest BCUT2D eigenvalue weighted by Crippen LogP contribution is -2.25. The standard InChI is InChI=1S/C9H18ClNO3/c1-13-6-7-14-5-3-2-4-11-9(12)8-10/h2-8H2,1H3,(H,11,12). The van der Waals surface area contributed by atoms with Crippen molar-refractivity contribution in [3.8, 4) is 0 Å². The van der Waals surface area contributed by atoms with Crippen LogP contribution < -0.4 is 5.32 Å². The number of unbranched alkanes of at least 4 members (excludes halogenated alkanes) is 1. The van der Waals surface area contributed by atoms with Crippen molar-refractivity contribution in [2.24, 2.45) is 0 Å². The molecule has 0 heterocycles. The van der Waals surface area contributed by atoms with Gasteiger partial charge in [-0.25, -0.2) is 0 Å². The van der Waals surface area contributed by atoms with E-state index in [-0.39, 0.29) is 11.8 Å². The number of ether oxygens (including phenoxy) is 2. The van der Waals surface area contributed by atoms with Gasteiger partial charge < -0.3 is 14.8 Å². The molecule has 0 saturated carbocycles. The molecule has 0 aromatic carbocycles. The lowest BCUT2D eigenvalue weighted by Gasteiger charge is -2.04. The quantitative estimate of drug-likeness (QED) is 0.464. The van der Waals surface area contributed by atoms with Gasteiger partial charge in [0.2, 0.25) is 5.91 Å². The summed E-state index contributed by atoms with van der Waals surface area (Å²) in [5.41, 5.74) is 0. The number of carbonyl (C=O) groups is 1. The first-order valence-corrected chi connectivity index (χ1v) is 5.24. The van der Waals surface area contributed by atoms with Crippen molar-refractivity contribution in [3.05, 3.63) is 0 Å². The number of hydrogen-bond acceptors (Lipinski definition) is 3. The Morgan fingerprint density at radius 1 is 1.29 bits per heavy atom. The summed E-state index contributed by atoms with van der Waals surface area (Å²) in [5, 5.41) is 2.68. The molecule has 0 aliphatic carbocycles. The van der Waals surface area contributed by atoms with E-state index in [2.05, 4.69) is 5.32 Å². The molecule has 1 N–H and O–H groups in total. The molecule has 0 unspecified atom stereocenters. The van der Waals surface area contributed by atoms with Gasteiger partial charge in [0.1, 0.15) is 5.88 Å². The zero-order chi connectivity index (χ0) is 10.6. The third-order valence-corrected chi connectivity index (χ3v) is 1.83. The van der Waals surface area contributed by atoms with E-state index in [1.807, 2.05) is 0 Å². The summed E-state index contributed by atoms with van der Waals surface area (Å²) in [7, 11) is 1.64. The molecule has 0 fully saturated rings. The lowest BCUT2D eigenvalue weighted by molar-refractivity contribution is -0.118. The molecule has 0 aliphatic heterocycles. The molecule has 0 aromatic rings. The molecule has 0 saturated heterocycles. The van der Waals surface area contributed by atoms with Gasteiger partial charge in [-0.1, -0.05) is 0 Å². The Hall–Kier alpha value is -0.320. The van der Waals surface area contributed by atoms with Crippen LogP contribution in [0.15, 0.2) is 0 Å². The molecule has 0 aliphatic rings. The lowest BCUT2D eigenvalue weighted by atomic mass is 10.3. The highest BCUT2D eigenvalue weighted by molar-refractivity contribution is 6.27. The topological polar surface area (TPSA) is 47.6 Å². The van der Waals surface area contributed by atoms with Gasteiger partial charge in [0.15, 0.2) is 0 Å². The summed E-state index contributed by atoms with van der Waals surface area (Å²) in [6.07, 6.45) is 1.85. The van der Waals surface area contributed by atoms with Crippen LogP contribution in [0.2, 0.25) is 0 Å². The highest BCUT2D eigenvalue weighted by Gasteiger charge is 1.96. The van der Waals surface area contributed by atoms with Crippen LogP contribution >= 0.6 is 11.6 Å². The van der Waals surface area contributed by atoms with E-state index >= 15 is 0 Å². The summed E-state index contributed by atoms with van der Waals surface area (Å²) in [5.74, 6) is -0.0865. The Bertz CT molecular complexity index is 144. The number of carbonyl (C=O) groups excluding carboxylic acids is 1. The van der Waals surface area contributed by atoms with Crippen LogP contribution in [0.25, 0.3) is 0 Å². The molecule has 0 aromatic heterocycles. The van der Waals surface area contributed by atoms with Crippen LogP contribution in [0.1, 0.15) is 12.8 Å². The van der Waals surface area contributed by atoms with Crippen LogP contribution in [0.3, 0.4) is 0 Å². The largest absolute Gasteiger partial charge is 0.382 e. The van der Waals surface area contributed by atoms with Gasteiger partial charge >= 0.3 is 0 Å². The number of hydrogen-bond donors (Lipinski definition) is 1. The summed E-state index contributed by atoms with van der Waals surface area (Å²) >= 11 is 5.30. The Balaban J connectivity index is 2.95. The second-order valence-corrected chi connectivity index (χ2v) is 3.06. The highest BCUT2D eigenvalue weighted by Crippen LogP contribution is 1.89. The number of rotatable bonds is 9. The third kappa shape index (κ3) is 9.77. The molecule has 14 heavy (non-hydrogen) atoms. The van der Waals surface area contributed by atoms with Crippen molar-refractivity contribution in [1.82, 2.24) is 5.32 Å². The van der Waals surface area contributed by atoms with Crippen LogP contribution in [0, 0.1) is 0 Å². The predicted molar refractivity (Wildman–Crippen MR) is 55.7 cm³/mol. The number of halogens is 1. The van der Waals surface area contributed by atoms with Crippen molar-refractivity contribution in [2.75, 3.05) is 39.4 Å². The van der Waals surface area contributed by atoms with Crippen molar-refractivity contribution in [1.29, 1.82) is 0 Å². The van der Waals surface area contributed by atoms with Crippen molar-refractivity contribution in [3.63, 3.8) is 0 Å². The van der Waals surface area contributed by atoms with Gasteiger partial charge in [-0.3, -0.25) is 4.79 Å². The SMILES string of the molecule is COCCOCCCCNC(=O)CCl. The van der Waals surface area contributed by atoms with Crippen molar-refractivity contribution < 1.29 is 14.3 Å². The Kier molecular flexibility index (Phi) is 10.5. The first kappa shape index (κ1) is 13.7. The molecule has 4 nitrogen and oxygen atoms in total. The number of methoxy groups -OCH3 is 1. The van der Waals surface area contributed by atoms with Gasteiger partial charge in [-0.15, -0.1) is 11.6 Å². The van der Waals surface area contributed by atoms with Gasteiger partial charge in [0.25, 0.3) is 0 Å². The first-order chi connectivity index (χ1) is 6.81. The van der Waals surface area contributed by atoms with Gasteiger partial charge in [0, 0.05) is 20.3 Å². The molecule has 0 spiro atoms. The molecule has 0 rings (SSSR count). The van der Waals surface area contributed by atoms with E-state index in [9.17, 15) is 4.79 Å². The molecule has 0 radical (unpaired) electrons. The maximum absolute atomic E-state index is 10.7. The first-order valence-electron chi connectivity index (χ1n) is 4.70.